The third kappa shape index (κ3) is 4.99. The molecule has 1 aromatic heterocycles. The van der Waals surface area contributed by atoms with Gasteiger partial charge in [-0.2, -0.15) is 5.10 Å². The van der Waals surface area contributed by atoms with E-state index in [-0.39, 0.29) is 24.7 Å². The quantitative estimate of drug-likeness (QED) is 0.715. The molecule has 0 aliphatic rings. The second-order valence-corrected chi connectivity index (χ2v) is 3.85. The number of hydrogen-bond acceptors (Lipinski definition) is 4. The summed E-state index contributed by atoms with van der Waals surface area (Å²) in [5, 5.41) is 6.79. The number of esters is 1. The first kappa shape index (κ1) is 14.2. The van der Waals surface area contributed by atoms with Crippen LogP contribution in [0.3, 0.4) is 0 Å². The van der Waals surface area contributed by atoms with Crippen LogP contribution in [-0.4, -0.2) is 34.8 Å². The Morgan fingerprint density at radius 3 is 2.83 bits per heavy atom. The Labute approximate surface area is 106 Å². The second kappa shape index (κ2) is 7.47. The maximum absolute atomic E-state index is 11.4. The van der Waals surface area contributed by atoms with Gasteiger partial charge < -0.3 is 10.1 Å². The molecule has 0 radical (unpaired) electrons. The molecule has 1 rings (SSSR count). The van der Waals surface area contributed by atoms with Gasteiger partial charge in [0.2, 0.25) is 5.91 Å². The van der Waals surface area contributed by atoms with Crippen LogP contribution in [0.25, 0.3) is 0 Å². The predicted octanol–water partition coefficient (Wildman–Crippen LogP) is 0.422. The summed E-state index contributed by atoms with van der Waals surface area (Å²) < 4.78 is 6.51. The van der Waals surface area contributed by atoms with E-state index in [0.29, 0.717) is 13.2 Å². The van der Waals surface area contributed by atoms with E-state index in [1.807, 2.05) is 13.1 Å². The second-order valence-electron chi connectivity index (χ2n) is 3.85. The van der Waals surface area contributed by atoms with Gasteiger partial charge in [-0.25, -0.2) is 0 Å². The molecule has 0 saturated carbocycles. The first-order chi connectivity index (χ1) is 8.63. The van der Waals surface area contributed by atoms with Crippen molar-refractivity contribution in [2.45, 2.75) is 26.2 Å². The zero-order valence-corrected chi connectivity index (χ0v) is 10.8. The molecule has 0 unspecified atom stereocenters. The highest BCUT2D eigenvalue weighted by atomic mass is 16.5. The number of hydrogen-bond donors (Lipinski definition) is 1. The monoisotopic (exact) mass is 253 g/mol. The van der Waals surface area contributed by atoms with Crippen molar-refractivity contribution in [2.75, 3.05) is 13.2 Å². The molecule has 1 heterocycles. The number of rotatable bonds is 7. The van der Waals surface area contributed by atoms with Crippen molar-refractivity contribution >= 4 is 11.9 Å². The van der Waals surface area contributed by atoms with Crippen molar-refractivity contribution in [3.05, 3.63) is 18.0 Å². The summed E-state index contributed by atoms with van der Waals surface area (Å²) in [5.41, 5.74) is 1.06. The van der Waals surface area contributed by atoms with Crippen LogP contribution in [0.5, 0.6) is 0 Å². The molecule has 1 N–H and O–H groups in total. The third-order valence-electron chi connectivity index (χ3n) is 2.49. The third-order valence-corrected chi connectivity index (χ3v) is 2.49. The van der Waals surface area contributed by atoms with Crippen LogP contribution in [0.4, 0.5) is 0 Å². The van der Waals surface area contributed by atoms with Gasteiger partial charge in [-0.15, -0.1) is 0 Å². The van der Waals surface area contributed by atoms with Gasteiger partial charge in [0.05, 0.1) is 13.0 Å². The summed E-state index contributed by atoms with van der Waals surface area (Å²) in [6, 6.07) is 1.91. The number of carbonyl (C=O) groups excluding carboxylic acids is 2. The van der Waals surface area contributed by atoms with Gasteiger partial charge in [-0.05, 0) is 13.0 Å². The Bertz CT molecular complexity index is 401. The minimum Gasteiger partial charge on any atom is -0.466 e. The molecule has 0 aliphatic heterocycles. The number of nitrogens with one attached hydrogen (secondary N) is 1. The number of aromatic nitrogens is 2. The average molecular weight is 253 g/mol. The van der Waals surface area contributed by atoms with E-state index in [1.165, 1.54) is 0 Å². The predicted molar refractivity (Wildman–Crippen MR) is 65.8 cm³/mol. The van der Waals surface area contributed by atoms with Crippen molar-refractivity contribution in [3.8, 4) is 0 Å². The summed E-state index contributed by atoms with van der Waals surface area (Å²) in [6.45, 7) is 2.63. The average Bonchev–Trinajstić information content (AvgIpc) is 2.73. The van der Waals surface area contributed by atoms with Gasteiger partial charge in [0, 0.05) is 38.3 Å². The Morgan fingerprint density at radius 2 is 2.22 bits per heavy atom. The molecule has 0 saturated heterocycles. The molecule has 0 atom stereocenters. The summed E-state index contributed by atoms with van der Waals surface area (Å²) in [5.74, 6) is -0.468. The SMILES string of the molecule is CCOC(=O)CCC(=O)NCCc1ccnn1C. The zero-order valence-electron chi connectivity index (χ0n) is 10.8. The summed E-state index contributed by atoms with van der Waals surface area (Å²) in [4.78, 5) is 22.5. The maximum Gasteiger partial charge on any atom is 0.306 e. The topological polar surface area (TPSA) is 73.2 Å². The summed E-state index contributed by atoms with van der Waals surface area (Å²) in [7, 11) is 1.86. The number of nitrogens with zero attached hydrogens (tertiary/aromatic N) is 2. The van der Waals surface area contributed by atoms with Crippen LogP contribution in [0.1, 0.15) is 25.5 Å². The molecule has 0 aromatic carbocycles. The molecule has 0 bridgehead atoms. The summed E-state index contributed by atoms with van der Waals surface area (Å²) >= 11 is 0. The van der Waals surface area contributed by atoms with Crippen molar-refractivity contribution < 1.29 is 14.3 Å². The first-order valence-electron chi connectivity index (χ1n) is 6.02. The van der Waals surface area contributed by atoms with Gasteiger partial charge >= 0.3 is 5.97 Å². The van der Waals surface area contributed by atoms with Gasteiger partial charge in [0.15, 0.2) is 0 Å². The highest BCUT2D eigenvalue weighted by Gasteiger charge is 2.07. The van der Waals surface area contributed by atoms with Gasteiger partial charge in [-0.3, -0.25) is 14.3 Å². The van der Waals surface area contributed by atoms with E-state index in [0.717, 1.165) is 12.1 Å². The Balaban J connectivity index is 2.14. The largest absolute Gasteiger partial charge is 0.466 e. The summed E-state index contributed by atoms with van der Waals surface area (Å²) in [6.07, 6.45) is 2.75. The highest BCUT2D eigenvalue weighted by Crippen LogP contribution is 1.97. The molecular formula is C12H19N3O3. The standard InChI is InChI=1S/C12H19N3O3/c1-3-18-12(17)5-4-11(16)13-8-6-10-7-9-14-15(10)2/h7,9H,3-6,8H2,1-2H3,(H,13,16). The molecule has 0 fully saturated rings. The van der Waals surface area contributed by atoms with Crippen LogP contribution in [0, 0.1) is 0 Å². The molecular weight excluding hydrogens is 234 g/mol. The van der Waals surface area contributed by atoms with E-state index < -0.39 is 0 Å². The highest BCUT2D eigenvalue weighted by molar-refractivity contribution is 5.81. The number of carbonyl (C=O) groups is 2. The molecule has 6 nitrogen and oxygen atoms in total. The van der Waals surface area contributed by atoms with Crippen LogP contribution in [0.15, 0.2) is 12.3 Å². The fraction of sp³-hybridized carbons (Fsp3) is 0.583. The van der Waals surface area contributed by atoms with Crippen LogP contribution < -0.4 is 5.32 Å². The van der Waals surface area contributed by atoms with Gasteiger partial charge in [0.25, 0.3) is 0 Å². The fourth-order valence-corrected chi connectivity index (χ4v) is 1.51. The Hall–Kier alpha value is -1.85. The van der Waals surface area contributed by atoms with E-state index in [9.17, 15) is 9.59 Å². The van der Waals surface area contributed by atoms with Crippen LogP contribution >= 0.6 is 0 Å². The van der Waals surface area contributed by atoms with Crippen molar-refractivity contribution in [2.24, 2.45) is 7.05 Å². The lowest BCUT2D eigenvalue weighted by atomic mass is 10.2. The van der Waals surface area contributed by atoms with E-state index in [2.05, 4.69) is 10.4 Å². The Morgan fingerprint density at radius 1 is 1.44 bits per heavy atom. The molecule has 0 spiro atoms. The fourth-order valence-electron chi connectivity index (χ4n) is 1.51. The molecule has 0 aliphatic carbocycles. The normalized spacial score (nSPS) is 10.1. The Kier molecular flexibility index (Phi) is 5.90. The molecule has 1 aromatic rings. The van der Waals surface area contributed by atoms with Crippen LogP contribution in [-0.2, 0) is 27.8 Å². The molecule has 100 valence electrons. The molecule has 18 heavy (non-hydrogen) atoms. The zero-order chi connectivity index (χ0) is 13.4. The molecule has 6 heteroatoms. The van der Waals surface area contributed by atoms with Gasteiger partial charge in [0.1, 0.15) is 0 Å². The van der Waals surface area contributed by atoms with E-state index in [1.54, 1.807) is 17.8 Å². The van der Waals surface area contributed by atoms with Crippen LogP contribution in [0.2, 0.25) is 0 Å². The van der Waals surface area contributed by atoms with E-state index in [4.69, 9.17) is 4.74 Å². The molecule has 1 amide bonds. The maximum atomic E-state index is 11.4. The lowest BCUT2D eigenvalue weighted by Gasteiger charge is -2.05. The van der Waals surface area contributed by atoms with E-state index >= 15 is 0 Å². The lowest BCUT2D eigenvalue weighted by molar-refractivity contribution is -0.144. The number of aryl methyl sites for hydroxylation is 1. The van der Waals surface area contributed by atoms with Crippen molar-refractivity contribution in [3.63, 3.8) is 0 Å². The first-order valence-corrected chi connectivity index (χ1v) is 6.02. The smallest absolute Gasteiger partial charge is 0.306 e. The van der Waals surface area contributed by atoms with Gasteiger partial charge in [-0.1, -0.05) is 0 Å². The number of ether oxygens (including phenoxy) is 1. The van der Waals surface area contributed by atoms with Crippen molar-refractivity contribution in [1.29, 1.82) is 0 Å². The minimum atomic E-state index is -0.334. The minimum absolute atomic E-state index is 0.130. The van der Waals surface area contributed by atoms with Crippen molar-refractivity contribution in [1.82, 2.24) is 15.1 Å². The number of amides is 1. The lowest BCUT2D eigenvalue weighted by Crippen LogP contribution is -2.26.